The second kappa shape index (κ2) is 14.7. The summed E-state index contributed by atoms with van der Waals surface area (Å²) in [4.78, 5) is 41.3. The van der Waals surface area contributed by atoms with Crippen molar-refractivity contribution in [2.75, 3.05) is 27.2 Å². The van der Waals surface area contributed by atoms with Crippen molar-refractivity contribution in [2.24, 2.45) is 56.2 Å². The summed E-state index contributed by atoms with van der Waals surface area (Å²) in [5.74, 6) is 0.0404. The maximum atomic E-state index is 14.2. The number of allylic oxidation sites excluding steroid dienone is 1. The average Bonchev–Trinajstić information content (AvgIpc) is 3.41. The third-order valence-electron chi connectivity index (χ3n) is 16.8. The zero-order chi connectivity index (χ0) is 40.5. The third-order valence-corrected chi connectivity index (χ3v) is 16.8. The highest BCUT2D eigenvalue weighted by Crippen LogP contribution is 2.77. The molecule has 0 bridgehead atoms. The Morgan fingerprint density at radius 2 is 1.60 bits per heavy atom. The number of rotatable bonds is 12. The average molecular weight is 761 g/mol. The van der Waals surface area contributed by atoms with Gasteiger partial charge in [-0.05, 0) is 130 Å². The quantitative estimate of drug-likeness (QED) is 0.182. The molecule has 0 aromatic heterocycles. The standard InChI is InChI=1S/C47H72N2O6/c1-29(2)39-33(50)25-47(36(51)27-48-32(28-49(10)11)30-15-13-12-14-16-30)24-23-45(8)31(40(39)47)17-18-35-44(7)21-20-37(55-38(52)26-42(3,4)41(53)54)43(5,6)34(44)19-22-46(35,45)9/h12-16,29,31-32,34-37,48,51H,17-28H2,1-11H3,(H,53,54). The Kier molecular flexibility index (Phi) is 11.2. The fourth-order valence-corrected chi connectivity index (χ4v) is 13.7. The third kappa shape index (κ3) is 6.86. The lowest BCUT2D eigenvalue weighted by Gasteiger charge is -2.72. The monoisotopic (exact) mass is 761 g/mol. The molecule has 10 unspecified atom stereocenters. The number of carbonyl (C=O) groups excluding carboxylic acids is 2. The molecular weight excluding hydrogens is 689 g/mol. The summed E-state index contributed by atoms with van der Waals surface area (Å²) in [6, 6.07) is 10.5. The zero-order valence-electron chi connectivity index (χ0n) is 35.9. The second-order valence-electron chi connectivity index (χ2n) is 21.2. The first-order valence-electron chi connectivity index (χ1n) is 21.4. The summed E-state index contributed by atoms with van der Waals surface area (Å²) in [7, 11) is 4.16. The normalized spacial score (nSPS) is 36.8. The molecule has 4 fully saturated rings. The van der Waals surface area contributed by atoms with Gasteiger partial charge in [-0.3, -0.25) is 14.4 Å². The molecule has 0 saturated heterocycles. The Morgan fingerprint density at radius 1 is 0.927 bits per heavy atom. The lowest BCUT2D eigenvalue weighted by Crippen LogP contribution is -2.66. The Morgan fingerprint density at radius 3 is 2.22 bits per heavy atom. The topological polar surface area (TPSA) is 116 Å². The van der Waals surface area contributed by atoms with Gasteiger partial charge in [0.1, 0.15) is 6.10 Å². The molecular formula is C47H72N2O6. The van der Waals surface area contributed by atoms with Gasteiger partial charge in [-0.15, -0.1) is 0 Å². The number of benzene rings is 1. The molecule has 1 aromatic rings. The van der Waals surface area contributed by atoms with Crippen LogP contribution in [0.3, 0.4) is 0 Å². The first-order valence-corrected chi connectivity index (χ1v) is 21.4. The van der Waals surface area contributed by atoms with Crippen LogP contribution in [-0.2, 0) is 19.1 Å². The van der Waals surface area contributed by atoms with Crippen LogP contribution in [0.4, 0.5) is 0 Å². The van der Waals surface area contributed by atoms with E-state index in [-0.39, 0.29) is 57.8 Å². The van der Waals surface area contributed by atoms with E-state index in [1.165, 1.54) is 11.1 Å². The van der Waals surface area contributed by atoms with Crippen LogP contribution in [-0.4, -0.2) is 72.2 Å². The first-order chi connectivity index (χ1) is 25.5. The van der Waals surface area contributed by atoms with Crippen molar-refractivity contribution in [3.05, 3.63) is 47.0 Å². The number of aliphatic carboxylic acids is 1. The fraction of sp³-hybridized carbons (Fsp3) is 0.766. The highest BCUT2D eigenvalue weighted by atomic mass is 16.5. The van der Waals surface area contributed by atoms with Gasteiger partial charge < -0.3 is 25.2 Å². The first kappa shape index (κ1) is 42.1. The van der Waals surface area contributed by atoms with Gasteiger partial charge in [0.25, 0.3) is 0 Å². The van der Waals surface area contributed by atoms with Gasteiger partial charge in [0.15, 0.2) is 5.78 Å². The van der Waals surface area contributed by atoms with Gasteiger partial charge in [-0.25, -0.2) is 0 Å². The molecule has 1 aromatic carbocycles. The minimum atomic E-state index is -1.17. The van der Waals surface area contributed by atoms with Gasteiger partial charge in [0.05, 0.1) is 17.9 Å². The summed E-state index contributed by atoms with van der Waals surface area (Å²) >= 11 is 0. The number of nitrogens with one attached hydrogen (secondary N) is 1. The number of ether oxygens (including phenoxy) is 1. The SMILES string of the molecule is CC(C)C1=C2C3CCC4C5(C)CCC(OC(=O)CC(C)(C)C(=O)O)C(C)(C)C5CCC4(C)C3(C)CCC2(C(O)CNC(CN(C)C)c2ccccc2)CC1=O. The van der Waals surface area contributed by atoms with Crippen molar-refractivity contribution in [2.45, 2.75) is 145 Å². The molecule has 0 heterocycles. The van der Waals surface area contributed by atoms with Gasteiger partial charge in [0, 0.05) is 36.4 Å². The number of carboxylic acid groups (broad SMARTS) is 1. The molecule has 0 spiro atoms. The van der Waals surface area contributed by atoms with E-state index in [1.54, 1.807) is 13.8 Å². The largest absolute Gasteiger partial charge is 0.481 e. The van der Waals surface area contributed by atoms with E-state index >= 15 is 0 Å². The van der Waals surface area contributed by atoms with E-state index in [1.807, 2.05) is 6.07 Å². The number of carbonyl (C=O) groups is 3. The van der Waals surface area contributed by atoms with Crippen LogP contribution in [0.1, 0.15) is 138 Å². The number of Topliss-reactive ketones (excluding diaryl/α,β-unsaturated/α-hetero) is 1. The highest BCUT2D eigenvalue weighted by Gasteiger charge is 2.70. The number of ketones is 1. The minimum Gasteiger partial charge on any atom is -0.481 e. The summed E-state index contributed by atoms with van der Waals surface area (Å²) in [5.41, 5.74) is 1.63. The number of likely N-dealkylation sites (N-methyl/N-ethyl adjacent to an activating group) is 1. The minimum absolute atomic E-state index is 0.0198. The van der Waals surface area contributed by atoms with Gasteiger partial charge in [-0.1, -0.05) is 84.4 Å². The van der Waals surface area contributed by atoms with Crippen LogP contribution in [0.5, 0.6) is 0 Å². The molecule has 4 saturated carbocycles. The second-order valence-corrected chi connectivity index (χ2v) is 21.2. The molecule has 306 valence electrons. The number of hydrogen-bond donors (Lipinski definition) is 3. The molecule has 55 heavy (non-hydrogen) atoms. The number of aliphatic hydroxyl groups excluding tert-OH is 1. The van der Waals surface area contributed by atoms with Crippen LogP contribution < -0.4 is 5.32 Å². The van der Waals surface area contributed by atoms with Crippen LogP contribution in [0, 0.1) is 56.2 Å². The molecule has 6 rings (SSSR count). The van der Waals surface area contributed by atoms with E-state index in [0.717, 1.165) is 63.5 Å². The van der Waals surface area contributed by atoms with Crippen LogP contribution >= 0.6 is 0 Å². The number of hydrogen-bond acceptors (Lipinski definition) is 7. The molecule has 0 radical (unpaired) electrons. The van der Waals surface area contributed by atoms with E-state index < -0.39 is 28.9 Å². The van der Waals surface area contributed by atoms with Crippen LogP contribution in [0.2, 0.25) is 0 Å². The molecule has 8 heteroatoms. The lowest BCUT2D eigenvalue weighted by atomic mass is 9.33. The fourth-order valence-electron chi connectivity index (χ4n) is 13.7. The Bertz CT molecular complexity index is 1670. The van der Waals surface area contributed by atoms with E-state index in [4.69, 9.17) is 4.74 Å². The van der Waals surface area contributed by atoms with Crippen molar-refractivity contribution in [3.63, 3.8) is 0 Å². The van der Waals surface area contributed by atoms with Gasteiger partial charge >= 0.3 is 11.9 Å². The van der Waals surface area contributed by atoms with E-state index in [0.29, 0.717) is 24.8 Å². The van der Waals surface area contributed by atoms with Crippen molar-refractivity contribution in [1.29, 1.82) is 0 Å². The number of aliphatic hydroxyl groups is 1. The lowest BCUT2D eigenvalue weighted by molar-refractivity contribution is -0.235. The number of nitrogens with zero attached hydrogens (tertiary/aromatic N) is 1. The molecule has 8 nitrogen and oxygen atoms in total. The molecule has 3 N–H and O–H groups in total. The van der Waals surface area contributed by atoms with Crippen LogP contribution in [0.25, 0.3) is 0 Å². The molecule has 5 aliphatic carbocycles. The van der Waals surface area contributed by atoms with Crippen molar-refractivity contribution >= 4 is 17.7 Å². The van der Waals surface area contributed by atoms with Crippen molar-refractivity contribution in [3.8, 4) is 0 Å². The Hall–Kier alpha value is -2.55. The van der Waals surface area contributed by atoms with Crippen molar-refractivity contribution in [1.82, 2.24) is 10.2 Å². The van der Waals surface area contributed by atoms with Gasteiger partial charge in [0.2, 0.25) is 0 Å². The Labute approximate surface area is 331 Å². The highest BCUT2D eigenvalue weighted by molar-refractivity contribution is 6.00. The number of carboxylic acids is 1. The van der Waals surface area contributed by atoms with Gasteiger partial charge in [-0.2, -0.15) is 0 Å². The Balaban J connectivity index is 1.27. The summed E-state index contributed by atoms with van der Waals surface area (Å²) in [5, 5.41) is 25.8. The predicted octanol–water partition coefficient (Wildman–Crippen LogP) is 8.63. The summed E-state index contributed by atoms with van der Waals surface area (Å²) in [6.07, 6.45) is 7.18. The molecule has 5 aliphatic rings. The van der Waals surface area contributed by atoms with Crippen LogP contribution in [0.15, 0.2) is 41.5 Å². The summed E-state index contributed by atoms with van der Waals surface area (Å²) < 4.78 is 6.19. The number of fused-ring (bicyclic) bond motifs is 7. The zero-order valence-corrected chi connectivity index (χ0v) is 35.9. The number of esters is 1. The van der Waals surface area contributed by atoms with E-state index in [9.17, 15) is 24.6 Å². The summed E-state index contributed by atoms with van der Waals surface area (Å²) in [6.45, 7) is 21.0. The maximum absolute atomic E-state index is 14.2. The molecule has 0 aliphatic heterocycles. The molecule has 0 amide bonds. The van der Waals surface area contributed by atoms with Crippen molar-refractivity contribution < 1.29 is 29.3 Å². The van der Waals surface area contributed by atoms with E-state index in [2.05, 4.69) is 97.0 Å². The smallest absolute Gasteiger partial charge is 0.309 e. The predicted molar refractivity (Wildman–Crippen MR) is 217 cm³/mol. The molecule has 10 atom stereocenters. The maximum Gasteiger partial charge on any atom is 0.309 e.